The lowest BCUT2D eigenvalue weighted by atomic mass is 9.95. The monoisotopic (exact) mass is 366 g/mol. The Labute approximate surface area is 160 Å². The lowest BCUT2D eigenvalue weighted by molar-refractivity contribution is -0.127. The van der Waals surface area contributed by atoms with Gasteiger partial charge in [0.15, 0.2) is 0 Å². The average molecular weight is 366 g/mol. The van der Waals surface area contributed by atoms with Crippen LogP contribution in [-0.2, 0) is 16.0 Å². The van der Waals surface area contributed by atoms with Crippen molar-refractivity contribution < 1.29 is 14.3 Å². The highest BCUT2D eigenvalue weighted by atomic mass is 16.5. The molecule has 0 saturated carbocycles. The van der Waals surface area contributed by atoms with Gasteiger partial charge in [0.05, 0.1) is 25.2 Å². The van der Waals surface area contributed by atoms with Gasteiger partial charge < -0.3 is 14.8 Å². The topological polar surface area (TPSA) is 50.8 Å². The van der Waals surface area contributed by atoms with E-state index in [1.54, 1.807) is 0 Å². The van der Waals surface area contributed by atoms with Gasteiger partial charge in [-0.1, -0.05) is 48.5 Å². The fraction of sp³-hybridized carbons (Fsp3) is 0.409. The number of carbonyl (C=O) groups is 1. The van der Waals surface area contributed by atoms with Crippen LogP contribution in [0.5, 0.6) is 5.75 Å². The number of para-hydroxylation sites is 1. The van der Waals surface area contributed by atoms with Gasteiger partial charge in [-0.3, -0.25) is 9.69 Å². The number of ether oxygens (including phenoxy) is 2. The highest BCUT2D eigenvalue weighted by Gasteiger charge is 2.28. The van der Waals surface area contributed by atoms with Crippen LogP contribution in [-0.4, -0.2) is 50.3 Å². The molecule has 27 heavy (non-hydrogen) atoms. The summed E-state index contributed by atoms with van der Waals surface area (Å²) in [5.41, 5.74) is 2.24. The van der Waals surface area contributed by atoms with Gasteiger partial charge in [-0.2, -0.15) is 0 Å². The number of fused-ring (bicyclic) bond motifs is 1. The first-order valence-corrected chi connectivity index (χ1v) is 9.66. The van der Waals surface area contributed by atoms with Crippen LogP contribution in [0.1, 0.15) is 17.2 Å². The first kappa shape index (κ1) is 18.0. The number of amides is 1. The Morgan fingerprint density at radius 2 is 1.81 bits per heavy atom. The van der Waals surface area contributed by atoms with Crippen LogP contribution in [0.15, 0.2) is 54.6 Å². The molecule has 2 aromatic rings. The quantitative estimate of drug-likeness (QED) is 0.883. The first-order valence-electron chi connectivity index (χ1n) is 9.66. The Hall–Kier alpha value is -2.37. The van der Waals surface area contributed by atoms with Gasteiger partial charge >= 0.3 is 0 Å². The van der Waals surface area contributed by atoms with E-state index in [1.807, 2.05) is 42.5 Å². The summed E-state index contributed by atoms with van der Waals surface area (Å²) in [7, 11) is 0. The van der Waals surface area contributed by atoms with Crippen molar-refractivity contribution in [3.05, 3.63) is 65.7 Å². The largest absolute Gasteiger partial charge is 0.492 e. The molecular weight excluding hydrogens is 340 g/mol. The third kappa shape index (κ3) is 4.49. The summed E-state index contributed by atoms with van der Waals surface area (Å²) in [6, 6.07) is 18.1. The number of nitrogens with zero attached hydrogens (tertiary/aromatic N) is 1. The summed E-state index contributed by atoms with van der Waals surface area (Å²) in [5.74, 6) is 0.803. The van der Waals surface area contributed by atoms with Crippen molar-refractivity contribution in [3.8, 4) is 5.75 Å². The zero-order chi connectivity index (χ0) is 18.5. The van der Waals surface area contributed by atoms with Crippen molar-refractivity contribution >= 4 is 5.91 Å². The Balaban J connectivity index is 1.45. The molecule has 0 spiro atoms. The minimum Gasteiger partial charge on any atom is -0.492 e. The first-order chi connectivity index (χ1) is 13.3. The average Bonchev–Trinajstić information content (AvgIpc) is 2.74. The molecule has 0 radical (unpaired) electrons. The fourth-order valence-corrected chi connectivity index (χ4v) is 3.75. The minimum atomic E-state index is -0.157. The maximum atomic E-state index is 13.0. The maximum Gasteiger partial charge on any atom is 0.227 e. The molecular formula is C22H26N2O3. The van der Waals surface area contributed by atoms with Gasteiger partial charge in [-0.15, -0.1) is 0 Å². The molecule has 2 aliphatic heterocycles. The summed E-state index contributed by atoms with van der Waals surface area (Å²) in [6.45, 7) is 4.54. The smallest absolute Gasteiger partial charge is 0.227 e. The molecule has 5 nitrogen and oxygen atoms in total. The predicted molar refractivity (Wildman–Crippen MR) is 104 cm³/mol. The van der Waals surface area contributed by atoms with E-state index in [-0.39, 0.29) is 17.9 Å². The van der Waals surface area contributed by atoms with Gasteiger partial charge in [0.2, 0.25) is 5.91 Å². The molecule has 2 aliphatic rings. The number of hydrogen-bond donors (Lipinski definition) is 1. The molecule has 0 bridgehead atoms. The van der Waals surface area contributed by atoms with E-state index in [1.165, 1.54) is 0 Å². The second-order valence-corrected chi connectivity index (χ2v) is 7.20. The van der Waals surface area contributed by atoms with Crippen LogP contribution in [0.25, 0.3) is 0 Å². The number of rotatable bonds is 5. The van der Waals surface area contributed by atoms with Crippen LogP contribution in [0.2, 0.25) is 0 Å². The predicted octanol–water partition coefficient (Wildman–Crippen LogP) is 2.43. The Morgan fingerprint density at radius 1 is 1.07 bits per heavy atom. The molecule has 2 unspecified atom stereocenters. The van der Waals surface area contributed by atoms with Crippen LogP contribution < -0.4 is 10.1 Å². The minimum absolute atomic E-state index is 0.0334. The van der Waals surface area contributed by atoms with Crippen LogP contribution in [0.4, 0.5) is 0 Å². The zero-order valence-corrected chi connectivity index (χ0v) is 15.5. The molecule has 1 amide bonds. The number of benzene rings is 2. The van der Waals surface area contributed by atoms with Crippen molar-refractivity contribution in [2.75, 3.05) is 39.5 Å². The molecule has 2 atom stereocenters. The third-order valence-corrected chi connectivity index (χ3v) is 5.31. The summed E-state index contributed by atoms with van der Waals surface area (Å²) < 4.78 is 11.3. The molecule has 5 heteroatoms. The molecule has 0 aromatic heterocycles. The summed E-state index contributed by atoms with van der Waals surface area (Å²) >= 11 is 0. The summed E-state index contributed by atoms with van der Waals surface area (Å²) in [4.78, 5) is 15.4. The molecule has 2 heterocycles. The summed E-state index contributed by atoms with van der Waals surface area (Å²) in [5, 5.41) is 3.28. The molecule has 0 aliphatic carbocycles. The molecule has 1 N–H and O–H groups in total. The van der Waals surface area contributed by atoms with E-state index in [9.17, 15) is 4.79 Å². The lowest BCUT2D eigenvalue weighted by Crippen LogP contribution is -2.45. The SMILES string of the molecule is O=C(NC(CN1CCOCC1)c1ccccc1)C1COc2ccccc2C1. The Bertz CT molecular complexity index is 759. The van der Waals surface area contributed by atoms with Crippen molar-refractivity contribution in [1.82, 2.24) is 10.2 Å². The van der Waals surface area contributed by atoms with E-state index in [0.717, 1.165) is 56.1 Å². The van der Waals surface area contributed by atoms with E-state index in [0.29, 0.717) is 6.61 Å². The normalized spacial score (nSPS) is 21.0. The van der Waals surface area contributed by atoms with Crippen LogP contribution >= 0.6 is 0 Å². The van der Waals surface area contributed by atoms with E-state index < -0.39 is 0 Å². The third-order valence-electron chi connectivity index (χ3n) is 5.31. The standard InChI is InChI=1S/C22H26N2O3/c25-22(19-14-18-8-4-5-9-21(18)27-16-19)23-20(17-6-2-1-3-7-17)15-24-10-12-26-13-11-24/h1-9,19-20H,10-16H2,(H,23,25). The van der Waals surface area contributed by atoms with E-state index >= 15 is 0 Å². The highest BCUT2D eigenvalue weighted by molar-refractivity contribution is 5.80. The Kier molecular flexibility index (Phi) is 5.70. The number of hydrogen-bond acceptors (Lipinski definition) is 4. The van der Waals surface area contributed by atoms with Crippen LogP contribution in [0.3, 0.4) is 0 Å². The fourth-order valence-electron chi connectivity index (χ4n) is 3.75. The second-order valence-electron chi connectivity index (χ2n) is 7.20. The number of nitrogens with one attached hydrogen (secondary N) is 1. The molecule has 1 fully saturated rings. The van der Waals surface area contributed by atoms with Gasteiger partial charge in [0.1, 0.15) is 12.4 Å². The van der Waals surface area contributed by atoms with E-state index in [2.05, 4.69) is 22.3 Å². The second kappa shape index (κ2) is 8.55. The molecule has 2 aromatic carbocycles. The maximum absolute atomic E-state index is 13.0. The van der Waals surface area contributed by atoms with Crippen molar-refractivity contribution in [3.63, 3.8) is 0 Å². The molecule has 1 saturated heterocycles. The van der Waals surface area contributed by atoms with Crippen molar-refractivity contribution in [2.45, 2.75) is 12.5 Å². The van der Waals surface area contributed by atoms with Crippen molar-refractivity contribution in [1.29, 1.82) is 0 Å². The number of morpholine rings is 1. The number of carbonyl (C=O) groups excluding carboxylic acids is 1. The van der Waals surface area contributed by atoms with Gasteiger partial charge in [-0.25, -0.2) is 0 Å². The lowest BCUT2D eigenvalue weighted by Gasteiger charge is -2.32. The molecule has 142 valence electrons. The van der Waals surface area contributed by atoms with E-state index in [4.69, 9.17) is 9.47 Å². The van der Waals surface area contributed by atoms with Crippen LogP contribution in [0, 0.1) is 5.92 Å². The molecule has 4 rings (SSSR count). The van der Waals surface area contributed by atoms with Crippen molar-refractivity contribution in [2.24, 2.45) is 5.92 Å². The zero-order valence-electron chi connectivity index (χ0n) is 15.5. The summed E-state index contributed by atoms with van der Waals surface area (Å²) in [6.07, 6.45) is 0.723. The van der Waals surface area contributed by atoms with Gasteiger partial charge in [0, 0.05) is 19.6 Å². The Morgan fingerprint density at radius 3 is 2.63 bits per heavy atom. The highest BCUT2D eigenvalue weighted by Crippen LogP contribution is 2.27. The van der Waals surface area contributed by atoms with Gasteiger partial charge in [-0.05, 0) is 23.6 Å². The van der Waals surface area contributed by atoms with Gasteiger partial charge in [0.25, 0.3) is 0 Å².